The van der Waals surface area contributed by atoms with Crippen molar-refractivity contribution < 1.29 is 14.3 Å². The maximum Gasteiger partial charge on any atom is 0.247 e. The number of carbonyl (C=O) groups excluding carboxylic acids is 1. The number of hydrogen-bond acceptors (Lipinski definition) is 4. The van der Waals surface area contributed by atoms with Crippen LogP contribution in [0, 0.1) is 24.1 Å². The van der Waals surface area contributed by atoms with Gasteiger partial charge in [0.15, 0.2) is 0 Å². The molecule has 0 saturated heterocycles. The number of carbonyl (C=O) groups is 1. The highest BCUT2D eigenvalue weighted by Crippen LogP contribution is 2.44. The molecule has 3 rings (SSSR count). The van der Waals surface area contributed by atoms with E-state index in [1.165, 1.54) is 6.07 Å². The van der Waals surface area contributed by atoms with E-state index in [1.807, 2.05) is 6.07 Å². The summed E-state index contributed by atoms with van der Waals surface area (Å²) in [6.07, 6.45) is 7.01. The third-order valence-electron chi connectivity index (χ3n) is 5.15. The minimum absolute atomic E-state index is 0.161. The minimum atomic E-state index is -1.12. The van der Waals surface area contributed by atoms with Gasteiger partial charge in [-0.25, -0.2) is 4.39 Å². The summed E-state index contributed by atoms with van der Waals surface area (Å²) in [6.45, 7) is 3.55. The normalized spacial score (nSPS) is 21.4. The summed E-state index contributed by atoms with van der Waals surface area (Å²) >= 11 is 0. The van der Waals surface area contributed by atoms with E-state index in [0.717, 1.165) is 12.0 Å². The molecule has 1 aromatic heterocycles. The number of terminal acetylenes is 1. The average molecular weight is 367 g/mol. The summed E-state index contributed by atoms with van der Waals surface area (Å²) in [6, 6.07) is 8.22. The molecule has 140 valence electrons. The van der Waals surface area contributed by atoms with Crippen molar-refractivity contribution in [2.75, 3.05) is 6.61 Å². The van der Waals surface area contributed by atoms with Gasteiger partial charge in [0.2, 0.25) is 5.91 Å². The van der Waals surface area contributed by atoms with Gasteiger partial charge in [-0.3, -0.25) is 4.79 Å². The lowest BCUT2D eigenvalue weighted by Gasteiger charge is -2.39. The number of nitrogens with one attached hydrogen (secondary N) is 1. The molecule has 0 radical (unpaired) electrons. The summed E-state index contributed by atoms with van der Waals surface area (Å²) in [4.78, 5) is 11.8. The summed E-state index contributed by atoms with van der Waals surface area (Å²) < 4.78 is 14.2. The molecule has 1 aliphatic rings. The number of aliphatic hydroxyl groups excluding tert-OH is 1. The zero-order chi connectivity index (χ0) is 19.6. The van der Waals surface area contributed by atoms with Gasteiger partial charge in [0.05, 0.1) is 5.69 Å². The van der Waals surface area contributed by atoms with Crippen LogP contribution < -0.4 is 5.32 Å². The lowest BCUT2D eigenvalue weighted by molar-refractivity contribution is -0.125. The van der Waals surface area contributed by atoms with Crippen molar-refractivity contribution in [3.05, 3.63) is 47.4 Å². The van der Waals surface area contributed by atoms with Crippen LogP contribution in [0.15, 0.2) is 30.3 Å². The largest absolute Gasteiger partial charge is 0.387 e. The molecule has 27 heavy (non-hydrogen) atoms. The van der Waals surface area contributed by atoms with Crippen molar-refractivity contribution in [3.8, 4) is 23.6 Å². The quantitative estimate of drug-likeness (QED) is 0.815. The molecule has 2 unspecified atom stereocenters. The zero-order valence-electron chi connectivity index (χ0n) is 15.4. The van der Waals surface area contributed by atoms with Crippen molar-refractivity contribution in [1.82, 2.24) is 15.5 Å². The van der Waals surface area contributed by atoms with Crippen LogP contribution in [0.25, 0.3) is 11.3 Å². The van der Waals surface area contributed by atoms with Crippen molar-refractivity contribution in [2.24, 2.45) is 5.92 Å². The smallest absolute Gasteiger partial charge is 0.247 e. The van der Waals surface area contributed by atoms with Crippen molar-refractivity contribution in [2.45, 2.75) is 38.1 Å². The average Bonchev–Trinajstić information content (AvgIpc) is 2.67. The Bertz CT molecular complexity index is 907. The van der Waals surface area contributed by atoms with Crippen molar-refractivity contribution >= 4 is 5.91 Å². The van der Waals surface area contributed by atoms with E-state index < -0.39 is 18.1 Å². The molecule has 2 aromatic rings. The Morgan fingerprint density at radius 2 is 2.19 bits per heavy atom. The molecule has 1 aliphatic carbocycles. The van der Waals surface area contributed by atoms with E-state index >= 15 is 0 Å². The number of hydrogen-bond donors (Lipinski definition) is 2. The van der Waals surface area contributed by atoms with E-state index in [9.17, 15) is 9.18 Å². The van der Waals surface area contributed by atoms with E-state index in [1.54, 1.807) is 18.2 Å². The molecule has 0 bridgehead atoms. The standard InChI is InChI=1S/C21H22FN3O2/c1-4-21(23-19(27)12-26)10-9-14(13(2)3)16-11-18(24-25-20(16)21)15-7-5-6-8-17(15)22/h1,5-8,11,13-14,26H,9-10,12H2,2-3H3,(H,23,27). The second-order valence-electron chi connectivity index (χ2n) is 7.16. The summed E-state index contributed by atoms with van der Waals surface area (Å²) in [7, 11) is 0. The van der Waals surface area contributed by atoms with Gasteiger partial charge in [0, 0.05) is 5.56 Å². The predicted octanol–water partition coefficient (Wildman–Crippen LogP) is 2.75. The molecule has 6 heteroatoms. The topological polar surface area (TPSA) is 75.1 Å². The van der Waals surface area contributed by atoms with E-state index in [-0.39, 0.29) is 11.7 Å². The minimum Gasteiger partial charge on any atom is -0.387 e. The predicted molar refractivity (Wildman–Crippen MR) is 100.0 cm³/mol. The zero-order valence-corrected chi connectivity index (χ0v) is 15.4. The molecule has 1 amide bonds. The van der Waals surface area contributed by atoms with Crippen LogP contribution in [0.5, 0.6) is 0 Å². The van der Waals surface area contributed by atoms with Crippen LogP contribution in [-0.2, 0) is 10.3 Å². The highest BCUT2D eigenvalue weighted by atomic mass is 19.1. The summed E-state index contributed by atoms with van der Waals surface area (Å²) in [5, 5.41) is 20.4. The Kier molecular flexibility index (Phi) is 5.24. The SMILES string of the molecule is C#CC1(NC(=O)CO)CCC(C(C)C)c2cc(-c3ccccc3F)nnc21. The van der Waals surface area contributed by atoms with Gasteiger partial charge >= 0.3 is 0 Å². The maximum absolute atomic E-state index is 14.2. The van der Waals surface area contributed by atoms with E-state index in [2.05, 4.69) is 35.3 Å². The number of aliphatic hydroxyl groups is 1. The van der Waals surface area contributed by atoms with Crippen molar-refractivity contribution in [1.29, 1.82) is 0 Å². The fourth-order valence-corrected chi connectivity index (χ4v) is 3.74. The van der Waals surface area contributed by atoms with Crippen molar-refractivity contribution in [3.63, 3.8) is 0 Å². The number of halogens is 1. The van der Waals surface area contributed by atoms with Gasteiger partial charge in [0.25, 0.3) is 0 Å². The molecular weight excluding hydrogens is 345 g/mol. The van der Waals surface area contributed by atoms with E-state index in [4.69, 9.17) is 11.5 Å². The first-order valence-electron chi connectivity index (χ1n) is 8.94. The first-order valence-corrected chi connectivity index (χ1v) is 8.94. The lowest BCUT2D eigenvalue weighted by atomic mass is 9.71. The number of fused-ring (bicyclic) bond motifs is 1. The number of aromatic nitrogens is 2. The Hall–Kier alpha value is -2.78. The number of nitrogens with zero attached hydrogens (tertiary/aromatic N) is 2. The van der Waals surface area contributed by atoms with Gasteiger partial charge < -0.3 is 10.4 Å². The molecule has 2 atom stereocenters. The molecular formula is C21H22FN3O2. The van der Waals surface area contributed by atoms with E-state index in [0.29, 0.717) is 29.3 Å². The van der Waals surface area contributed by atoms with Crippen LogP contribution in [0.3, 0.4) is 0 Å². The van der Waals surface area contributed by atoms with Crippen LogP contribution in [0.2, 0.25) is 0 Å². The molecule has 0 aliphatic heterocycles. The highest BCUT2D eigenvalue weighted by molar-refractivity contribution is 5.79. The van der Waals surface area contributed by atoms with Gasteiger partial charge in [0.1, 0.15) is 23.7 Å². The van der Waals surface area contributed by atoms with Gasteiger partial charge in [-0.15, -0.1) is 6.42 Å². The molecule has 0 fully saturated rings. The van der Waals surface area contributed by atoms with Crippen LogP contribution in [-0.4, -0.2) is 27.8 Å². The second-order valence-corrected chi connectivity index (χ2v) is 7.16. The monoisotopic (exact) mass is 367 g/mol. The van der Waals surface area contributed by atoms with Gasteiger partial charge in [-0.2, -0.15) is 10.2 Å². The summed E-state index contributed by atoms with van der Waals surface area (Å²) in [5.41, 5.74) is 1.03. The van der Waals surface area contributed by atoms with Crippen LogP contribution in [0.4, 0.5) is 4.39 Å². The fraction of sp³-hybridized carbons (Fsp3) is 0.381. The lowest BCUT2D eigenvalue weighted by Crippen LogP contribution is -2.49. The summed E-state index contributed by atoms with van der Waals surface area (Å²) in [5.74, 6) is 2.18. The first-order chi connectivity index (χ1) is 12.9. The van der Waals surface area contributed by atoms with Crippen LogP contribution in [0.1, 0.15) is 43.9 Å². The molecule has 5 nitrogen and oxygen atoms in total. The highest BCUT2D eigenvalue weighted by Gasteiger charge is 2.42. The number of rotatable bonds is 4. The second kappa shape index (κ2) is 7.45. The molecule has 2 N–H and O–H groups in total. The maximum atomic E-state index is 14.2. The third kappa shape index (κ3) is 3.43. The van der Waals surface area contributed by atoms with Gasteiger partial charge in [-0.1, -0.05) is 31.9 Å². The molecule has 1 heterocycles. The third-order valence-corrected chi connectivity index (χ3v) is 5.15. The van der Waals surface area contributed by atoms with Crippen LogP contribution >= 0.6 is 0 Å². The Labute approximate surface area is 158 Å². The number of benzene rings is 1. The van der Waals surface area contributed by atoms with Gasteiger partial charge in [-0.05, 0) is 48.4 Å². The Morgan fingerprint density at radius 1 is 1.44 bits per heavy atom. The molecule has 0 spiro atoms. The Balaban J connectivity index is 2.16. The molecule has 1 aromatic carbocycles. The number of amides is 1. The first kappa shape index (κ1) is 19.0. The fourth-order valence-electron chi connectivity index (χ4n) is 3.74. The Morgan fingerprint density at radius 3 is 2.81 bits per heavy atom. The molecule has 0 saturated carbocycles.